The lowest BCUT2D eigenvalue weighted by atomic mass is 10.1. The van der Waals surface area contributed by atoms with E-state index in [0.717, 1.165) is 19.4 Å². The molecule has 0 aliphatic rings. The highest BCUT2D eigenvalue weighted by Crippen LogP contribution is 2.09. The lowest BCUT2D eigenvalue weighted by molar-refractivity contribution is -0.697. The first-order chi connectivity index (χ1) is 11.9. The van der Waals surface area contributed by atoms with Crippen LogP contribution in [0, 0.1) is 0 Å². The fraction of sp³-hybridized carbons (Fsp3) is 0.762. The van der Waals surface area contributed by atoms with Crippen LogP contribution in [0.25, 0.3) is 0 Å². The second-order valence-electron chi connectivity index (χ2n) is 6.88. The second kappa shape index (κ2) is 15.6. The number of pyridine rings is 1. The first kappa shape index (κ1) is 21.1. The van der Waals surface area contributed by atoms with Gasteiger partial charge in [-0.05, 0) is 37.7 Å². The average Bonchev–Trinajstić information content (AvgIpc) is 2.61. The Balaban J connectivity index is 2.02. The van der Waals surface area contributed by atoms with E-state index in [9.17, 15) is 0 Å². The van der Waals surface area contributed by atoms with E-state index in [2.05, 4.69) is 29.1 Å². The Morgan fingerprint density at radius 1 is 0.583 bits per heavy atom. The molecule has 1 aromatic heterocycles. The lowest BCUT2D eigenvalue weighted by Crippen LogP contribution is -2.32. The summed E-state index contributed by atoms with van der Waals surface area (Å²) in [5.74, 6) is 0. The third-order valence-corrected chi connectivity index (χ3v) is 4.66. The molecule has 1 rings (SSSR count). The van der Waals surface area contributed by atoms with Crippen LogP contribution >= 0.6 is 0 Å². The zero-order valence-corrected chi connectivity index (χ0v) is 15.5. The molecule has 3 heteroatoms. The molecule has 3 nitrogen and oxygen atoms in total. The number of aliphatic hydroxyl groups is 2. The van der Waals surface area contributed by atoms with Crippen LogP contribution in [-0.2, 0) is 13.0 Å². The largest absolute Gasteiger partial charge is 0.396 e. The summed E-state index contributed by atoms with van der Waals surface area (Å²) in [4.78, 5) is 0. The molecule has 0 atom stereocenters. The smallest absolute Gasteiger partial charge is 0.169 e. The zero-order chi connectivity index (χ0) is 17.3. The monoisotopic (exact) mass is 336 g/mol. The number of aromatic nitrogens is 1. The van der Waals surface area contributed by atoms with E-state index < -0.39 is 0 Å². The van der Waals surface area contributed by atoms with Crippen molar-refractivity contribution in [1.82, 2.24) is 0 Å². The average molecular weight is 337 g/mol. The Morgan fingerprint density at radius 3 is 1.58 bits per heavy atom. The van der Waals surface area contributed by atoms with Crippen LogP contribution in [0.1, 0.15) is 82.6 Å². The summed E-state index contributed by atoms with van der Waals surface area (Å²) in [7, 11) is 0. The first-order valence-corrected chi connectivity index (χ1v) is 10.1. The van der Waals surface area contributed by atoms with Crippen LogP contribution in [0.5, 0.6) is 0 Å². The summed E-state index contributed by atoms with van der Waals surface area (Å²) in [6, 6.07) is 4.54. The van der Waals surface area contributed by atoms with Gasteiger partial charge in [-0.1, -0.05) is 44.9 Å². The highest BCUT2D eigenvalue weighted by molar-refractivity contribution is 5.07. The predicted octanol–water partition coefficient (Wildman–Crippen LogP) is 4.18. The van der Waals surface area contributed by atoms with Gasteiger partial charge in [0.05, 0.1) is 0 Å². The molecular formula is C21H38NO2+. The zero-order valence-electron chi connectivity index (χ0n) is 15.5. The van der Waals surface area contributed by atoms with Gasteiger partial charge in [-0.15, -0.1) is 0 Å². The van der Waals surface area contributed by atoms with Crippen LogP contribution < -0.4 is 4.57 Å². The maximum atomic E-state index is 8.74. The van der Waals surface area contributed by atoms with Gasteiger partial charge in [0.1, 0.15) is 6.54 Å². The van der Waals surface area contributed by atoms with Gasteiger partial charge in [0, 0.05) is 31.8 Å². The Labute approximate surface area is 148 Å². The van der Waals surface area contributed by atoms with E-state index >= 15 is 0 Å². The Bertz CT molecular complexity index is 341. The van der Waals surface area contributed by atoms with Gasteiger partial charge in [0.25, 0.3) is 0 Å². The molecular weight excluding hydrogens is 298 g/mol. The Hall–Kier alpha value is -0.930. The van der Waals surface area contributed by atoms with E-state index in [-0.39, 0.29) is 0 Å². The van der Waals surface area contributed by atoms with Crippen LogP contribution in [0.2, 0.25) is 0 Å². The molecule has 0 aliphatic heterocycles. The number of aliphatic hydroxyl groups excluding tert-OH is 2. The number of aryl methyl sites for hydroxylation is 2. The molecule has 2 N–H and O–H groups in total. The van der Waals surface area contributed by atoms with Gasteiger partial charge in [0.2, 0.25) is 0 Å². The van der Waals surface area contributed by atoms with Crippen molar-refractivity contribution in [2.45, 2.75) is 90.0 Å². The summed E-state index contributed by atoms with van der Waals surface area (Å²) in [6.45, 7) is 1.80. The highest BCUT2D eigenvalue weighted by atomic mass is 16.3. The lowest BCUT2D eigenvalue weighted by Gasteiger charge is -2.03. The molecule has 0 saturated carbocycles. The van der Waals surface area contributed by atoms with Crippen molar-refractivity contribution in [3.63, 3.8) is 0 Å². The minimum Gasteiger partial charge on any atom is -0.396 e. The molecule has 24 heavy (non-hydrogen) atoms. The molecule has 0 radical (unpaired) electrons. The highest BCUT2D eigenvalue weighted by Gasteiger charge is 2.01. The summed E-state index contributed by atoms with van der Waals surface area (Å²) in [6.07, 6.45) is 20.1. The SMILES string of the molecule is OCCCCCCCCc1cc[n+](CCCCCCCCO)cc1. The normalized spacial score (nSPS) is 11.1. The molecule has 0 amide bonds. The number of rotatable bonds is 16. The topological polar surface area (TPSA) is 44.3 Å². The summed E-state index contributed by atoms with van der Waals surface area (Å²) >= 11 is 0. The standard InChI is InChI=1S/C21H38NO2/c23-19-11-7-3-1-5-9-13-21-14-17-22(18-15-21)16-10-6-2-4-8-12-20-24/h14-15,17-18,23-24H,1-13,16,19-20H2/q+1. The third-order valence-electron chi connectivity index (χ3n) is 4.66. The van der Waals surface area contributed by atoms with Gasteiger partial charge in [-0.25, -0.2) is 4.57 Å². The van der Waals surface area contributed by atoms with Crippen LogP contribution in [0.15, 0.2) is 24.5 Å². The molecule has 0 fully saturated rings. The van der Waals surface area contributed by atoms with Crippen molar-refractivity contribution >= 4 is 0 Å². The van der Waals surface area contributed by atoms with E-state index in [1.165, 1.54) is 76.2 Å². The van der Waals surface area contributed by atoms with Gasteiger partial charge in [-0.2, -0.15) is 0 Å². The minimum atomic E-state index is 0.339. The van der Waals surface area contributed by atoms with Crippen LogP contribution in [0.4, 0.5) is 0 Å². The van der Waals surface area contributed by atoms with E-state index in [1.807, 2.05) is 0 Å². The van der Waals surface area contributed by atoms with Crippen molar-refractivity contribution < 1.29 is 14.8 Å². The molecule has 0 unspecified atom stereocenters. The number of hydrogen-bond acceptors (Lipinski definition) is 2. The Kier molecular flexibility index (Phi) is 13.7. The first-order valence-electron chi connectivity index (χ1n) is 10.1. The molecule has 138 valence electrons. The van der Waals surface area contributed by atoms with Crippen molar-refractivity contribution in [3.8, 4) is 0 Å². The summed E-state index contributed by atoms with van der Waals surface area (Å²) in [5.41, 5.74) is 1.45. The van der Waals surface area contributed by atoms with Gasteiger partial charge >= 0.3 is 0 Å². The van der Waals surface area contributed by atoms with Crippen molar-refractivity contribution in [3.05, 3.63) is 30.1 Å². The number of hydrogen-bond donors (Lipinski definition) is 2. The van der Waals surface area contributed by atoms with Crippen molar-refractivity contribution in [2.24, 2.45) is 0 Å². The number of nitrogens with zero attached hydrogens (tertiary/aromatic N) is 1. The number of unbranched alkanes of at least 4 members (excludes halogenated alkanes) is 10. The van der Waals surface area contributed by atoms with E-state index in [0.29, 0.717) is 13.2 Å². The molecule has 1 heterocycles. The quantitative estimate of drug-likeness (QED) is 0.351. The van der Waals surface area contributed by atoms with E-state index in [4.69, 9.17) is 10.2 Å². The van der Waals surface area contributed by atoms with Gasteiger partial charge in [0.15, 0.2) is 12.4 Å². The molecule has 0 spiro atoms. The maximum Gasteiger partial charge on any atom is 0.169 e. The molecule has 0 saturated heterocycles. The molecule has 0 aliphatic carbocycles. The van der Waals surface area contributed by atoms with Gasteiger partial charge in [-0.3, -0.25) is 0 Å². The predicted molar refractivity (Wildman–Crippen MR) is 99.9 cm³/mol. The molecule has 0 aromatic carbocycles. The molecule has 0 bridgehead atoms. The maximum absolute atomic E-state index is 8.74. The summed E-state index contributed by atoms with van der Waals surface area (Å²) in [5, 5.41) is 17.5. The fourth-order valence-corrected chi connectivity index (χ4v) is 3.07. The van der Waals surface area contributed by atoms with Gasteiger partial charge < -0.3 is 10.2 Å². The minimum absolute atomic E-state index is 0.339. The fourth-order valence-electron chi connectivity index (χ4n) is 3.07. The molecule has 1 aromatic rings. The summed E-state index contributed by atoms with van der Waals surface area (Å²) < 4.78 is 2.30. The van der Waals surface area contributed by atoms with Crippen LogP contribution in [0.3, 0.4) is 0 Å². The van der Waals surface area contributed by atoms with E-state index in [1.54, 1.807) is 0 Å². The van der Waals surface area contributed by atoms with Crippen LogP contribution in [-0.4, -0.2) is 23.4 Å². The second-order valence-corrected chi connectivity index (χ2v) is 6.88. The Morgan fingerprint density at radius 2 is 1.04 bits per heavy atom. The van der Waals surface area contributed by atoms with Crippen molar-refractivity contribution in [1.29, 1.82) is 0 Å². The van der Waals surface area contributed by atoms with Crippen molar-refractivity contribution in [2.75, 3.05) is 13.2 Å². The third kappa shape index (κ3) is 11.6.